The molecule has 0 amide bonds. The Morgan fingerprint density at radius 1 is 0.840 bits per heavy atom. The van der Waals surface area contributed by atoms with E-state index in [1.165, 1.54) is 0 Å². The third-order valence-electron chi connectivity index (χ3n) is 3.40. The number of carbonyl (C=O) groups is 1. The van der Waals surface area contributed by atoms with Crippen molar-refractivity contribution in [3.8, 4) is 0 Å². The fourth-order valence-corrected chi connectivity index (χ4v) is 1.87. The molecule has 0 saturated heterocycles. The summed E-state index contributed by atoms with van der Waals surface area (Å²) in [6.45, 7) is 3.46. The second-order valence-corrected chi connectivity index (χ2v) is 5.91. The zero-order valence-electron chi connectivity index (χ0n) is 15.3. The van der Waals surface area contributed by atoms with Crippen molar-refractivity contribution in [1.29, 1.82) is 0 Å². The summed E-state index contributed by atoms with van der Waals surface area (Å²) in [6.07, 6.45) is 19.0. The van der Waals surface area contributed by atoms with E-state index in [4.69, 9.17) is 0 Å². The lowest BCUT2D eigenvalue weighted by atomic mass is 10.1. The highest BCUT2D eigenvalue weighted by Crippen LogP contribution is 2.03. The number of ketones is 1. The van der Waals surface area contributed by atoms with Crippen molar-refractivity contribution >= 4 is 5.78 Å². The topological polar surface area (TPSA) is 77.8 Å². The maximum Gasteiger partial charge on any atom is 0.129 e. The van der Waals surface area contributed by atoms with Crippen LogP contribution in [0.1, 0.15) is 46.0 Å². The highest BCUT2D eigenvalue weighted by atomic mass is 16.3. The zero-order valence-corrected chi connectivity index (χ0v) is 15.3. The monoisotopic (exact) mass is 348 g/mol. The van der Waals surface area contributed by atoms with E-state index in [-0.39, 0.29) is 5.78 Å². The van der Waals surface area contributed by atoms with Crippen molar-refractivity contribution in [2.75, 3.05) is 0 Å². The van der Waals surface area contributed by atoms with Crippen LogP contribution in [0, 0.1) is 0 Å². The Morgan fingerprint density at radius 2 is 1.40 bits per heavy atom. The summed E-state index contributed by atoms with van der Waals surface area (Å²) in [5.74, 6) is 0.143. The Balaban J connectivity index is 3.95. The number of carbonyl (C=O) groups excluding carboxylic acids is 1. The van der Waals surface area contributed by atoms with E-state index in [1.807, 2.05) is 19.1 Å². The minimum Gasteiger partial charge on any atom is -0.389 e. The van der Waals surface area contributed by atoms with Gasteiger partial charge in [0.15, 0.2) is 0 Å². The van der Waals surface area contributed by atoms with Gasteiger partial charge in [0.2, 0.25) is 0 Å². The van der Waals surface area contributed by atoms with Crippen molar-refractivity contribution in [2.45, 2.75) is 64.3 Å². The summed E-state index contributed by atoms with van der Waals surface area (Å²) >= 11 is 0. The van der Waals surface area contributed by atoms with Crippen LogP contribution in [0.25, 0.3) is 0 Å². The molecule has 140 valence electrons. The van der Waals surface area contributed by atoms with E-state index in [0.29, 0.717) is 32.1 Å². The summed E-state index contributed by atoms with van der Waals surface area (Å²) in [5.41, 5.74) is 0. The Bertz CT molecular complexity index is 486. The molecule has 0 heterocycles. The van der Waals surface area contributed by atoms with Gasteiger partial charge in [0.1, 0.15) is 5.78 Å². The molecule has 0 bridgehead atoms. The molecule has 0 aromatic carbocycles. The summed E-state index contributed by atoms with van der Waals surface area (Å²) < 4.78 is 0. The van der Waals surface area contributed by atoms with E-state index in [9.17, 15) is 20.1 Å². The maximum atomic E-state index is 10.8. The number of rotatable bonds is 13. The quantitative estimate of drug-likeness (QED) is 0.446. The van der Waals surface area contributed by atoms with Gasteiger partial charge in [-0.05, 0) is 32.6 Å². The molecule has 0 fully saturated rings. The van der Waals surface area contributed by atoms with Gasteiger partial charge >= 0.3 is 0 Å². The average molecular weight is 348 g/mol. The molecule has 0 spiro atoms. The minimum atomic E-state index is -0.563. The molecule has 4 heteroatoms. The lowest BCUT2D eigenvalue weighted by molar-refractivity contribution is -0.117. The zero-order chi connectivity index (χ0) is 18.9. The molecule has 0 aliphatic carbocycles. The lowest BCUT2D eigenvalue weighted by Crippen LogP contribution is -2.02. The van der Waals surface area contributed by atoms with Crippen LogP contribution in [-0.2, 0) is 4.79 Å². The second-order valence-electron chi connectivity index (χ2n) is 5.91. The van der Waals surface area contributed by atoms with Crippen LogP contribution in [0.3, 0.4) is 0 Å². The molecule has 0 aromatic heterocycles. The van der Waals surface area contributed by atoms with E-state index < -0.39 is 18.3 Å². The first-order valence-corrected chi connectivity index (χ1v) is 8.84. The standard InChI is InChI=1S/C21H32O4/c1-3-19(23)13-9-6-10-16-20(24)14-7-4-5-8-15-21(25)17-11-12-18(2)22/h4-10,13-15,19-21,23-25H,3,11-12,16-17H2,1-2H3/b5-4+,10-6-,13-9+,14-7+,15-8-/t19-,20+,21-/m1/s1. The lowest BCUT2D eigenvalue weighted by Gasteiger charge is -2.02. The first-order chi connectivity index (χ1) is 12.0. The van der Waals surface area contributed by atoms with Crippen LogP contribution >= 0.6 is 0 Å². The summed E-state index contributed by atoms with van der Waals surface area (Å²) in [6, 6.07) is 0. The van der Waals surface area contributed by atoms with Crippen LogP contribution in [0.2, 0.25) is 0 Å². The molecule has 0 rings (SSSR count). The SMILES string of the molecule is CC[C@@H](O)/C=C/C=C\C[C@@H](O)/C=C/C=C/C=C\[C@@H](O)CCCC(C)=O. The van der Waals surface area contributed by atoms with Crippen LogP contribution < -0.4 is 0 Å². The van der Waals surface area contributed by atoms with Gasteiger partial charge in [0.05, 0.1) is 18.3 Å². The second kappa shape index (κ2) is 15.8. The van der Waals surface area contributed by atoms with Crippen molar-refractivity contribution in [1.82, 2.24) is 0 Å². The van der Waals surface area contributed by atoms with Gasteiger partial charge in [-0.15, -0.1) is 0 Å². The van der Waals surface area contributed by atoms with Crippen molar-refractivity contribution in [3.05, 3.63) is 60.8 Å². The summed E-state index contributed by atoms with van der Waals surface area (Å²) in [4.78, 5) is 10.8. The molecule has 0 saturated carbocycles. The molecule has 0 aliphatic heterocycles. The third kappa shape index (κ3) is 16.9. The first-order valence-electron chi connectivity index (χ1n) is 8.84. The molecular weight excluding hydrogens is 316 g/mol. The molecule has 25 heavy (non-hydrogen) atoms. The van der Waals surface area contributed by atoms with Gasteiger partial charge in [-0.1, -0.05) is 67.7 Å². The molecule has 0 aromatic rings. The van der Waals surface area contributed by atoms with Gasteiger partial charge in [0, 0.05) is 6.42 Å². The maximum absolute atomic E-state index is 10.8. The Morgan fingerprint density at radius 3 is 2.00 bits per heavy atom. The first kappa shape index (κ1) is 23.2. The number of hydrogen-bond acceptors (Lipinski definition) is 4. The fourth-order valence-electron chi connectivity index (χ4n) is 1.87. The van der Waals surface area contributed by atoms with Gasteiger partial charge in [-0.2, -0.15) is 0 Å². The third-order valence-corrected chi connectivity index (χ3v) is 3.40. The van der Waals surface area contributed by atoms with Crippen LogP contribution in [0.4, 0.5) is 0 Å². The molecule has 3 N–H and O–H groups in total. The van der Waals surface area contributed by atoms with Gasteiger partial charge < -0.3 is 20.1 Å². The average Bonchev–Trinajstić information content (AvgIpc) is 2.57. The molecular formula is C21H32O4. The smallest absolute Gasteiger partial charge is 0.129 e. The van der Waals surface area contributed by atoms with E-state index in [2.05, 4.69) is 0 Å². The molecule has 0 radical (unpaired) electrons. The normalized spacial score (nSPS) is 16.7. The summed E-state index contributed by atoms with van der Waals surface area (Å²) in [7, 11) is 0. The highest BCUT2D eigenvalue weighted by Gasteiger charge is 1.99. The highest BCUT2D eigenvalue weighted by molar-refractivity contribution is 5.75. The van der Waals surface area contributed by atoms with Crippen LogP contribution in [-0.4, -0.2) is 39.4 Å². The van der Waals surface area contributed by atoms with Gasteiger partial charge in [-0.3, -0.25) is 0 Å². The van der Waals surface area contributed by atoms with E-state index in [1.54, 1.807) is 55.5 Å². The minimum absolute atomic E-state index is 0.143. The van der Waals surface area contributed by atoms with Crippen molar-refractivity contribution in [3.63, 3.8) is 0 Å². The Kier molecular flexibility index (Phi) is 14.7. The van der Waals surface area contributed by atoms with E-state index in [0.717, 1.165) is 0 Å². The molecule has 0 unspecified atom stereocenters. The molecule has 3 atom stereocenters. The number of aliphatic hydroxyl groups is 3. The Labute approximate surface area is 151 Å². The van der Waals surface area contributed by atoms with Crippen molar-refractivity contribution < 1.29 is 20.1 Å². The number of aliphatic hydroxyl groups excluding tert-OH is 3. The van der Waals surface area contributed by atoms with Crippen LogP contribution in [0.5, 0.6) is 0 Å². The van der Waals surface area contributed by atoms with Crippen molar-refractivity contribution in [2.24, 2.45) is 0 Å². The largest absolute Gasteiger partial charge is 0.389 e. The molecule has 4 nitrogen and oxygen atoms in total. The predicted octanol–water partition coefficient (Wildman–Crippen LogP) is 3.41. The Hall–Kier alpha value is -1.75. The van der Waals surface area contributed by atoms with E-state index >= 15 is 0 Å². The number of Topliss-reactive ketones (excluding diaryl/α,β-unsaturated/α-hetero) is 1. The van der Waals surface area contributed by atoms with Gasteiger partial charge in [-0.25, -0.2) is 0 Å². The van der Waals surface area contributed by atoms with Gasteiger partial charge in [0.25, 0.3) is 0 Å². The predicted molar refractivity (Wildman–Crippen MR) is 103 cm³/mol. The fraction of sp³-hybridized carbons (Fsp3) is 0.476. The number of hydrogen-bond donors (Lipinski definition) is 3. The summed E-state index contributed by atoms with van der Waals surface area (Å²) in [5, 5.41) is 28.8. The van der Waals surface area contributed by atoms with Crippen LogP contribution in [0.15, 0.2) is 60.8 Å². The number of allylic oxidation sites excluding steroid dienone is 6. The molecule has 0 aliphatic rings.